The van der Waals surface area contributed by atoms with Crippen LogP contribution >= 0.6 is 0 Å². The molecule has 1 aliphatic rings. The molecule has 0 aromatic rings. The van der Waals surface area contributed by atoms with E-state index in [2.05, 4.69) is 0 Å². The molecule has 0 amide bonds. The quantitative estimate of drug-likeness (QED) is 0.484. The molecule has 1 rings (SSSR count). The van der Waals surface area contributed by atoms with E-state index in [-0.39, 0.29) is 11.9 Å². The monoisotopic (exact) mass is 130 g/mol. The first-order valence-electron chi connectivity index (χ1n) is 5.01. The summed E-state index contributed by atoms with van der Waals surface area (Å²) >= 11 is 0. The molecule has 0 radical (unpaired) electrons. The zero-order valence-corrected chi connectivity index (χ0v) is 6.44. The van der Waals surface area contributed by atoms with E-state index in [1.54, 1.807) is 4.90 Å². The van der Waals surface area contributed by atoms with Gasteiger partial charge in [0.2, 0.25) is 0 Å². The smallest absolute Gasteiger partial charge is 0.0431 e. The highest BCUT2D eigenvalue weighted by molar-refractivity contribution is 4.79. The molecule has 0 spiro atoms. The summed E-state index contributed by atoms with van der Waals surface area (Å²) in [6.45, 7) is 5.23. The Labute approximate surface area is 62.3 Å². The Morgan fingerprint density at radius 3 is 2.33 bits per heavy atom. The number of hydrogen-bond acceptors (Lipinski definition) is 1. The second kappa shape index (κ2) is 2.30. The third kappa shape index (κ3) is 1.68. The molecule has 1 aliphatic heterocycles. The van der Waals surface area contributed by atoms with Crippen LogP contribution in [0.1, 0.15) is 37.7 Å². The van der Waals surface area contributed by atoms with Gasteiger partial charge in [0.15, 0.2) is 0 Å². The van der Waals surface area contributed by atoms with Crippen molar-refractivity contribution in [3.05, 3.63) is 0 Å². The van der Waals surface area contributed by atoms with Crippen LogP contribution in [0.2, 0.25) is 0 Å². The maximum Gasteiger partial charge on any atom is 0.0431 e. The summed E-state index contributed by atoms with van der Waals surface area (Å²) in [6, 6.07) is 0. The Hall–Kier alpha value is -0.0400. The molecule has 1 atom stereocenters. The van der Waals surface area contributed by atoms with Crippen LogP contribution < -0.4 is 0 Å². The molecule has 1 heterocycles. The molecule has 54 valence electrons. The summed E-state index contributed by atoms with van der Waals surface area (Å²) < 4.78 is 22.9. The normalized spacial score (nSPS) is 41.7. The second-order valence-electron chi connectivity index (χ2n) is 3.43. The highest BCUT2D eigenvalue weighted by Gasteiger charge is 2.23. The maximum absolute atomic E-state index is 7.70. The van der Waals surface area contributed by atoms with Crippen LogP contribution in [-0.2, 0) is 0 Å². The van der Waals surface area contributed by atoms with Gasteiger partial charge in [-0.05, 0) is 46.6 Å². The van der Waals surface area contributed by atoms with Gasteiger partial charge in [0.05, 0.1) is 0 Å². The fourth-order valence-corrected chi connectivity index (χ4v) is 0.944. The van der Waals surface area contributed by atoms with Crippen molar-refractivity contribution in [2.75, 3.05) is 13.0 Å². The first-order valence-corrected chi connectivity index (χ1v) is 3.43. The topological polar surface area (TPSA) is 3.24 Å². The lowest BCUT2D eigenvalue weighted by atomic mass is 10.1. The summed E-state index contributed by atoms with van der Waals surface area (Å²) in [4.78, 5) is 1.78. The Bertz CT molecular complexity index is 174. The van der Waals surface area contributed by atoms with Crippen molar-refractivity contribution in [2.24, 2.45) is 0 Å². The van der Waals surface area contributed by atoms with Gasteiger partial charge in [-0.2, -0.15) is 0 Å². The van der Waals surface area contributed by atoms with Gasteiger partial charge in [0.1, 0.15) is 0 Å². The van der Waals surface area contributed by atoms with Crippen LogP contribution in [0.4, 0.5) is 0 Å². The van der Waals surface area contributed by atoms with Gasteiger partial charge < -0.3 is 0 Å². The van der Waals surface area contributed by atoms with Crippen LogP contribution in [0.5, 0.6) is 0 Å². The van der Waals surface area contributed by atoms with Crippen molar-refractivity contribution in [2.45, 2.75) is 39.1 Å². The molecule has 0 saturated carbocycles. The van der Waals surface area contributed by atoms with Gasteiger partial charge in [-0.1, -0.05) is 0 Å². The molecular formula is C8H17N. The number of likely N-dealkylation sites (tertiary alicyclic amines) is 1. The number of nitrogens with zero attached hydrogens (tertiary/aromatic N) is 1. The first kappa shape index (κ1) is 3.97. The van der Waals surface area contributed by atoms with Crippen molar-refractivity contribution >= 4 is 0 Å². The van der Waals surface area contributed by atoms with E-state index in [0.29, 0.717) is 13.0 Å². The zero-order chi connectivity index (χ0) is 9.57. The first-order chi connectivity index (χ1) is 5.23. The van der Waals surface area contributed by atoms with Crippen molar-refractivity contribution in [1.82, 2.24) is 4.90 Å². The fraction of sp³-hybridized carbons (Fsp3) is 1.00. The molecular weight excluding hydrogens is 110 g/mol. The Morgan fingerprint density at radius 2 is 2.11 bits per heavy atom. The Morgan fingerprint density at radius 1 is 1.44 bits per heavy atom. The van der Waals surface area contributed by atoms with Crippen molar-refractivity contribution < 1.29 is 4.11 Å². The van der Waals surface area contributed by atoms with Gasteiger partial charge in [-0.25, -0.2) is 0 Å². The summed E-state index contributed by atoms with van der Waals surface area (Å²) in [6.07, 6.45) is 0.0730. The second-order valence-corrected chi connectivity index (χ2v) is 3.43. The van der Waals surface area contributed by atoms with Crippen LogP contribution in [0, 0.1) is 0 Å². The Kier molecular flexibility index (Phi) is 1.01. The van der Waals surface area contributed by atoms with E-state index in [0.717, 1.165) is 0 Å². The predicted octanol–water partition coefficient (Wildman–Crippen LogP) is 1.88. The molecule has 1 unspecified atom stereocenters. The summed E-state index contributed by atoms with van der Waals surface area (Å²) in [7, 11) is 0. The van der Waals surface area contributed by atoms with Crippen LogP contribution in [0.3, 0.4) is 0 Å². The van der Waals surface area contributed by atoms with Crippen molar-refractivity contribution in [1.29, 1.82) is 0 Å². The summed E-state index contributed by atoms with van der Waals surface area (Å²) in [5.41, 5.74) is -0.167. The minimum absolute atomic E-state index is 0.167. The van der Waals surface area contributed by atoms with E-state index in [1.807, 2.05) is 20.8 Å². The standard InChI is InChI=1S/C8H17N/c1-8(2,3)9-6-4-5-7-9/h4-7H2,1-3H3/i4D,7D2. The average Bonchev–Trinajstić information content (AvgIpc) is 2.02. The molecule has 0 aromatic heterocycles. The number of rotatable bonds is 0. The number of hydrogen-bond donors (Lipinski definition) is 0. The van der Waals surface area contributed by atoms with Crippen molar-refractivity contribution in [3.63, 3.8) is 0 Å². The van der Waals surface area contributed by atoms with Gasteiger partial charge in [-0.3, -0.25) is 4.90 Å². The lowest BCUT2D eigenvalue weighted by molar-refractivity contribution is 0.175. The largest absolute Gasteiger partial charge is 0.298 e. The van der Waals surface area contributed by atoms with Crippen molar-refractivity contribution in [3.8, 4) is 0 Å². The SMILES string of the molecule is [2H]C1CN(C(C)(C)C)C([2H])([2H])C1. The van der Waals surface area contributed by atoms with E-state index in [1.165, 1.54) is 0 Å². The molecule has 0 bridgehead atoms. The average molecular weight is 130 g/mol. The van der Waals surface area contributed by atoms with Gasteiger partial charge in [-0.15, -0.1) is 0 Å². The summed E-state index contributed by atoms with van der Waals surface area (Å²) in [5.74, 6) is 0. The molecule has 0 aliphatic carbocycles. The highest BCUT2D eigenvalue weighted by atomic mass is 15.2. The third-order valence-electron chi connectivity index (χ3n) is 1.55. The minimum Gasteiger partial charge on any atom is -0.298 e. The van der Waals surface area contributed by atoms with Crippen LogP contribution in [-0.4, -0.2) is 23.5 Å². The Balaban J connectivity index is 2.79. The lowest BCUT2D eigenvalue weighted by Gasteiger charge is -2.31. The van der Waals surface area contributed by atoms with Gasteiger partial charge in [0.25, 0.3) is 0 Å². The fourth-order valence-electron chi connectivity index (χ4n) is 0.944. The zero-order valence-electron chi connectivity index (χ0n) is 9.44. The maximum atomic E-state index is 7.70. The lowest BCUT2D eigenvalue weighted by Crippen LogP contribution is -2.38. The highest BCUT2D eigenvalue weighted by Crippen LogP contribution is 2.19. The van der Waals surface area contributed by atoms with Crippen LogP contribution in [0.25, 0.3) is 0 Å². The molecule has 1 fully saturated rings. The van der Waals surface area contributed by atoms with E-state index >= 15 is 0 Å². The molecule has 0 N–H and O–H groups in total. The van der Waals surface area contributed by atoms with Crippen LogP contribution in [0.15, 0.2) is 0 Å². The van der Waals surface area contributed by atoms with E-state index in [4.69, 9.17) is 4.11 Å². The molecule has 1 saturated heterocycles. The van der Waals surface area contributed by atoms with Gasteiger partial charge in [0, 0.05) is 9.65 Å². The van der Waals surface area contributed by atoms with E-state index in [9.17, 15) is 0 Å². The minimum atomic E-state index is -1.29. The third-order valence-corrected chi connectivity index (χ3v) is 1.55. The molecule has 1 nitrogen and oxygen atoms in total. The van der Waals surface area contributed by atoms with Gasteiger partial charge >= 0.3 is 0 Å². The molecule has 1 heteroatoms. The molecule has 0 aromatic carbocycles. The van der Waals surface area contributed by atoms with E-state index < -0.39 is 6.50 Å². The molecule has 9 heavy (non-hydrogen) atoms. The predicted molar refractivity (Wildman–Crippen MR) is 40.6 cm³/mol. The summed E-state index contributed by atoms with van der Waals surface area (Å²) in [5, 5.41) is 0.